The molecule has 14 heavy (non-hydrogen) atoms. The minimum atomic E-state index is -0.0716. The molecule has 2 saturated carbocycles. The van der Waals surface area contributed by atoms with Crippen molar-refractivity contribution in [3.63, 3.8) is 0 Å². The topological polar surface area (TPSA) is 38.9 Å². The van der Waals surface area contributed by atoms with E-state index in [1.165, 1.54) is 36.4 Å². The lowest BCUT2D eigenvalue weighted by molar-refractivity contribution is 0.458. The van der Waals surface area contributed by atoms with Crippen molar-refractivity contribution in [3.05, 3.63) is 16.1 Å². The molecule has 0 spiro atoms. The predicted octanol–water partition coefficient (Wildman–Crippen LogP) is 2.75. The van der Waals surface area contributed by atoms with Gasteiger partial charge in [0.2, 0.25) is 0 Å². The first-order valence-corrected chi connectivity index (χ1v) is 6.41. The molecule has 0 saturated heterocycles. The third-order valence-electron chi connectivity index (χ3n) is 3.44. The average Bonchev–Trinajstić information content (AvgIpc) is 2.75. The third kappa shape index (κ3) is 1.39. The molecular formula is C11H16N2S. The molecule has 0 aliphatic heterocycles. The van der Waals surface area contributed by atoms with Gasteiger partial charge in [0.15, 0.2) is 0 Å². The second-order valence-electron chi connectivity index (χ2n) is 4.72. The summed E-state index contributed by atoms with van der Waals surface area (Å²) in [6.45, 7) is 0. The molecule has 0 atom stereocenters. The number of nitrogens with two attached hydrogens (primary N) is 1. The summed E-state index contributed by atoms with van der Waals surface area (Å²) in [4.78, 5) is 4.72. The third-order valence-corrected chi connectivity index (χ3v) is 4.52. The van der Waals surface area contributed by atoms with Gasteiger partial charge in [-0.15, -0.1) is 11.3 Å². The number of rotatable bonds is 2. The zero-order valence-corrected chi connectivity index (χ0v) is 9.15. The van der Waals surface area contributed by atoms with Crippen LogP contribution < -0.4 is 5.73 Å². The van der Waals surface area contributed by atoms with E-state index in [0.29, 0.717) is 0 Å². The van der Waals surface area contributed by atoms with E-state index in [-0.39, 0.29) is 5.54 Å². The van der Waals surface area contributed by atoms with Crippen molar-refractivity contribution < 1.29 is 0 Å². The fourth-order valence-electron chi connectivity index (χ4n) is 2.30. The van der Waals surface area contributed by atoms with Gasteiger partial charge in [-0.3, -0.25) is 0 Å². The van der Waals surface area contributed by atoms with Gasteiger partial charge in [0.1, 0.15) is 5.01 Å². The van der Waals surface area contributed by atoms with Crippen molar-refractivity contribution in [1.29, 1.82) is 0 Å². The van der Waals surface area contributed by atoms with Gasteiger partial charge >= 0.3 is 0 Å². The van der Waals surface area contributed by atoms with E-state index in [0.717, 1.165) is 18.8 Å². The van der Waals surface area contributed by atoms with Crippen molar-refractivity contribution in [3.8, 4) is 0 Å². The highest BCUT2D eigenvalue weighted by molar-refractivity contribution is 7.09. The van der Waals surface area contributed by atoms with Crippen molar-refractivity contribution in [2.24, 2.45) is 5.73 Å². The zero-order valence-electron chi connectivity index (χ0n) is 8.33. The summed E-state index contributed by atoms with van der Waals surface area (Å²) < 4.78 is 0. The van der Waals surface area contributed by atoms with Crippen LogP contribution in [0.3, 0.4) is 0 Å². The van der Waals surface area contributed by atoms with Crippen molar-refractivity contribution in [1.82, 2.24) is 4.98 Å². The molecule has 0 amide bonds. The lowest BCUT2D eigenvalue weighted by atomic mass is 10.0. The second kappa shape index (κ2) is 3.04. The molecular weight excluding hydrogens is 192 g/mol. The summed E-state index contributed by atoms with van der Waals surface area (Å²) >= 11 is 1.78. The van der Waals surface area contributed by atoms with E-state index < -0.39 is 0 Å². The van der Waals surface area contributed by atoms with Gasteiger partial charge in [-0.2, -0.15) is 0 Å². The summed E-state index contributed by atoms with van der Waals surface area (Å²) in [6.07, 6.45) is 7.47. The Morgan fingerprint density at radius 1 is 1.36 bits per heavy atom. The average molecular weight is 208 g/mol. The van der Waals surface area contributed by atoms with Crippen molar-refractivity contribution in [2.45, 2.75) is 50.0 Å². The summed E-state index contributed by atoms with van der Waals surface area (Å²) in [6, 6.07) is 0. The molecule has 0 radical (unpaired) electrons. The van der Waals surface area contributed by atoms with Gasteiger partial charge < -0.3 is 5.73 Å². The molecule has 2 aliphatic carbocycles. The van der Waals surface area contributed by atoms with Crippen LogP contribution in [-0.2, 0) is 5.54 Å². The van der Waals surface area contributed by atoms with E-state index in [4.69, 9.17) is 10.7 Å². The highest BCUT2D eigenvalue weighted by Gasteiger charge is 2.35. The largest absolute Gasteiger partial charge is 0.319 e. The quantitative estimate of drug-likeness (QED) is 0.811. The summed E-state index contributed by atoms with van der Waals surface area (Å²) in [5.74, 6) is 0.769. The van der Waals surface area contributed by atoms with Gasteiger partial charge in [0, 0.05) is 11.3 Å². The number of hydrogen-bond acceptors (Lipinski definition) is 3. The highest BCUT2D eigenvalue weighted by Crippen LogP contribution is 2.43. The fraction of sp³-hybridized carbons (Fsp3) is 0.727. The first kappa shape index (κ1) is 8.86. The molecule has 2 nitrogen and oxygen atoms in total. The van der Waals surface area contributed by atoms with Crippen LogP contribution in [0.15, 0.2) is 5.38 Å². The van der Waals surface area contributed by atoms with Crippen LogP contribution in [-0.4, -0.2) is 4.98 Å². The number of hydrogen-bond donors (Lipinski definition) is 1. The van der Waals surface area contributed by atoms with Gasteiger partial charge in [-0.25, -0.2) is 4.98 Å². The van der Waals surface area contributed by atoms with E-state index >= 15 is 0 Å². The summed E-state index contributed by atoms with van der Waals surface area (Å²) in [5, 5.41) is 3.41. The minimum absolute atomic E-state index is 0.0716. The molecule has 0 unspecified atom stereocenters. The molecule has 0 bridgehead atoms. The number of thiazole rings is 1. The predicted molar refractivity (Wildman–Crippen MR) is 58.4 cm³/mol. The van der Waals surface area contributed by atoms with Crippen LogP contribution in [0.5, 0.6) is 0 Å². The highest BCUT2D eigenvalue weighted by atomic mass is 32.1. The Hall–Kier alpha value is -0.410. The van der Waals surface area contributed by atoms with E-state index in [1.807, 2.05) is 0 Å². The standard InChI is InChI=1S/C11H16N2S/c12-11(5-1-2-6-11)10-13-9(7-14-10)8-3-4-8/h7-8H,1-6,12H2. The van der Waals surface area contributed by atoms with E-state index in [9.17, 15) is 0 Å². The first-order chi connectivity index (χ1) is 6.78. The Kier molecular flexibility index (Phi) is 1.92. The SMILES string of the molecule is NC1(c2nc(C3CC3)cs2)CCCC1. The molecule has 1 heterocycles. The van der Waals surface area contributed by atoms with Crippen LogP contribution >= 0.6 is 11.3 Å². The van der Waals surface area contributed by atoms with Crippen LogP contribution in [0.1, 0.15) is 55.1 Å². The Morgan fingerprint density at radius 2 is 2.07 bits per heavy atom. The zero-order chi connectivity index (χ0) is 9.60. The summed E-state index contributed by atoms with van der Waals surface area (Å²) in [7, 11) is 0. The molecule has 2 N–H and O–H groups in total. The maximum Gasteiger partial charge on any atom is 0.113 e. The molecule has 3 rings (SSSR count). The van der Waals surface area contributed by atoms with E-state index in [1.54, 1.807) is 11.3 Å². The van der Waals surface area contributed by atoms with Gasteiger partial charge in [0.25, 0.3) is 0 Å². The molecule has 0 aromatic carbocycles. The Labute approximate surface area is 88.5 Å². The first-order valence-electron chi connectivity index (χ1n) is 5.53. The monoisotopic (exact) mass is 208 g/mol. The van der Waals surface area contributed by atoms with Gasteiger partial charge in [-0.1, -0.05) is 12.8 Å². The van der Waals surface area contributed by atoms with Gasteiger partial charge in [-0.05, 0) is 25.7 Å². The normalized spacial score (nSPS) is 25.5. The Balaban J connectivity index is 1.87. The number of aromatic nitrogens is 1. The number of nitrogens with zero attached hydrogens (tertiary/aromatic N) is 1. The minimum Gasteiger partial charge on any atom is -0.319 e. The van der Waals surface area contributed by atoms with Crippen molar-refractivity contribution >= 4 is 11.3 Å². The smallest absolute Gasteiger partial charge is 0.113 e. The van der Waals surface area contributed by atoms with Gasteiger partial charge in [0.05, 0.1) is 11.2 Å². The lowest BCUT2D eigenvalue weighted by Gasteiger charge is -2.19. The van der Waals surface area contributed by atoms with E-state index in [2.05, 4.69) is 5.38 Å². The Bertz CT molecular complexity index is 335. The maximum absolute atomic E-state index is 6.36. The molecule has 1 aromatic rings. The van der Waals surface area contributed by atoms with Crippen LogP contribution in [0, 0.1) is 0 Å². The molecule has 2 fully saturated rings. The van der Waals surface area contributed by atoms with Crippen molar-refractivity contribution in [2.75, 3.05) is 0 Å². The molecule has 76 valence electrons. The maximum atomic E-state index is 6.36. The summed E-state index contributed by atoms with van der Waals surface area (Å²) in [5.41, 5.74) is 7.60. The Morgan fingerprint density at radius 3 is 2.71 bits per heavy atom. The van der Waals surface area contributed by atoms with Crippen LogP contribution in [0.25, 0.3) is 0 Å². The molecule has 3 heteroatoms. The second-order valence-corrected chi connectivity index (χ2v) is 5.57. The fourth-order valence-corrected chi connectivity index (χ4v) is 3.38. The lowest BCUT2D eigenvalue weighted by Crippen LogP contribution is -2.32. The van der Waals surface area contributed by atoms with Crippen LogP contribution in [0.4, 0.5) is 0 Å². The molecule has 2 aliphatic rings. The van der Waals surface area contributed by atoms with Crippen LogP contribution in [0.2, 0.25) is 0 Å². The molecule has 1 aromatic heterocycles.